The van der Waals surface area contributed by atoms with Crippen molar-refractivity contribution in [2.75, 3.05) is 17.2 Å². The molecule has 9 nitrogen and oxygen atoms in total. The average Bonchev–Trinajstić information content (AvgIpc) is 3.25. The highest BCUT2D eigenvalue weighted by Gasteiger charge is 2.52. The van der Waals surface area contributed by atoms with E-state index in [-0.39, 0.29) is 35.7 Å². The number of nitrogen functional groups attached to an aromatic ring is 1. The Morgan fingerprint density at radius 3 is 2.45 bits per heavy atom. The number of halogens is 3. The summed E-state index contributed by atoms with van der Waals surface area (Å²) < 4.78 is 48.0. The number of ether oxygens (including phenoxy) is 1. The molecule has 0 spiro atoms. The van der Waals surface area contributed by atoms with E-state index in [4.69, 9.17) is 10.5 Å². The van der Waals surface area contributed by atoms with Gasteiger partial charge in [0, 0.05) is 32.8 Å². The van der Waals surface area contributed by atoms with E-state index in [1.807, 2.05) is 0 Å². The van der Waals surface area contributed by atoms with Crippen LogP contribution in [-0.2, 0) is 29.0 Å². The summed E-state index contributed by atoms with van der Waals surface area (Å²) in [5.74, 6) is -0.223. The van der Waals surface area contributed by atoms with Gasteiger partial charge in [0.2, 0.25) is 0 Å². The molecule has 1 aromatic carbocycles. The van der Waals surface area contributed by atoms with Gasteiger partial charge in [-0.15, -0.1) is 0 Å². The zero-order valence-corrected chi connectivity index (χ0v) is 23.0. The first kappa shape index (κ1) is 27.6. The van der Waals surface area contributed by atoms with E-state index in [9.17, 15) is 22.8 Å². The number of hydrogen-bond donors (Lipinski definition) is 1. The highest BCUT2D eigenvalue weighted by Crippen LogP contribution is 2.38. The van der Waals surface area contributed by atoms with Crippen LogP contribution < -0.4 is 10.6 Å². The minimum atomic E-state index is -4.69. The number of nitrogens with two attached hydrogens (primary N) is 1. The number of pyridine rings is 1. The number of hydrogen-bond acceptors (Lipinski definition) is 6. The molecule has 3 aromatic rings. The molecule has 0 aliphatic carbocycles. The van der Waals surface area contributed by atoms with E-state index in [2.05, 4.69) is 29.7 Å². The van der Waals surface area contributed by atoms with E-state index < -0.39 is 37.4 Å². The fourth-order valence-electron chi connectivity index (χ4n) is 4.24. The molecule has 2 aromatic heterocycles. The molecule has 1 fully saturated rings. The van der Waals surface area contributed by atoms with Crippen molar-refractivity contribution in [1.82, 2.24) is 19.7 Å². The summed E-state index contributed by atoms with van der Waals surface area (Å²) in [6, 6.07) is 7.49. The number of fused-ring (bicyclic) bond motifs is 1. The maximum atomic E-state index is 13.7. The van der Waals surface area contributed by atoms with E-state index in [0.29, 0.717) is 12.2 Å². The van der Waals surface area contributed by atoms with Gasteiger partial charge in [-0.05, 0) is 55.8 Å². The lowest BCUT2D eigenvalue weighted by molar-refractivity contribution is -0.140. The Balaban J connectivity index is 1.69. The number of anilines is 2. The van der Waals surface area contributed by atoms with Crippen LogP contribution in [0.2, 0.25) is 25.7 Å². The SMILES string of the molecule is CC1(C)C(=O)N(c2ccc3c(C(F)(F)F)nn(COCC[Si](C)(C)C)c3c2)C(=O)N1Cc1ccnc(N)c1. The van der Waals surface area contributed by atoms with Gasteiger partial charge in [-0.1, -0.05) is 19.6 Å². The van der Waals surface area contributed by atoms with Crippen LogP contribution in [0.15, 0.2) is 36.5 Å². The molecule has 4 rings (SSSR count). The van der Waals surface area contributed by atoms with Crippen molar-refractivity contribution in [3.63, 3.8) is 0 Å². The van der Waals surface area contributed by atoms with E-state index >= 15 is 0 Å². The van der Waals surface area contributed by atoms with Crippen LogP contribution in [-0.4, -0.2) is 51.8 Å². The summed E-state index contributed by atoms with van der Waals surface area (Å²) in [6.45, 7) is 10.1. The lowest BCUT2D eigenvalue weighted by Crippen LogP contribution is -2.43. The maximum absolute atomic E-state index is 13.7. The van der Waals surface area contributed by atoms with Crippen molar-refractivity contribution in [2.24, 2.45) is 0 Å². The second kappa shape index (κ2) is 9.69. The summed E-state index contributed by atoms with van der Waals surface area (Å²) in [6.07, 6.45) is -3.18. The largest absolute Gasteiger partial charge is 0.435 e. The van der Waals surface area contributed by atoms with Crippen molar-refractivity contribution in [2.45, 2.75) is 64.5 Å². The molecule has 0 bridgehead atoms. The maximum Gasteiger partial charge on any atom is 0.435 e. The number of carbonyl (C=O) groups excluding carboxylic acids is 2. The number of nitrogens with zero attached hydrogens (tertiary/aromatic N) is 5. The Morgan fingerprint density at radius 2 is 1.82 bits per heavy atom. The minimum Gasteiger partial charge on any atom is -0.384 e. The Kier molecular flexibility index (Phi) is 7.04. The first-order valence-corrected chi connectivity index (χ1v) is 15.8. The van der Waals surface area contributed by atoms with Gasteiger partial charge in [-0.3, -0.25) is 4.79 Å². The molecule has 0 saturated carbocycles. The number of rotatable bonds is 8. The van der Waals surface area contributed by atoms with Crippen molar-refractivity contribution in [3.8, 4) is 0 Å². The van der Waals surface area contributed by atoms with E-state index in [1.54, 1.807) is 26.0 Å². The smallest absolute Gasteiger partial charge is 0.384 e. The van der Waals surface area contributed by atoms with Gasteiger partial charge in [-0.25, -0.2) is 19.4 Å². The fraction of sp³-hybridized carbons (Fsp3) is 0.440. The molecule has 1 aliphatic heterocycles. The van der Waals surface area contributed by atoms with Crippen LogP contribution in [0, 0.1) is 0 Å². The number of benzene rings is 1. The third-order valence-electron chi connectivity index (χ3n) is 6.48. The van der Waals surface area contributed by atoms with Crippen LogP contribution in [0.1, 0.15) is 25.1 Å². The molecule has 2 N–H and O–H groups in total. The third kappa shape index (κ3) is 5.39. The van der Waals surface area contributed by atoms with Crippen LogP contribution in [0.4, 0.5) is 29.5 Å². The first-order valence-electron chi connectivity index (χ1n) is 12.1. The Labute approximate surface area is 219 Å². The van der Waals surface area contributed by atoms with E-state index in [1.165, 1.54) is 29.3 Å². The zero-order valence-electron chi connectivity index (χ0n) is 22.0. The van der Waals surface area contributed by atoms with Crippen molar-refractivity contribution >= 4 is 42.4 Å². The van der Waals surface area contributed by atoms with Crippen LogP contribution in [0.5, 0.6) is 0 Å². The van der Waals surface area contributed by atoms with Crippen LogP contribution in [0.25, 0.3) is 10.9 Å². The molecule has 13 heteroatoms. The van der Waals surface area contributed by atoms with Gasteiger partial charge in [0.15, 0.2) is 5.69 Å². The molecule has 0 unspecified atom stereocenters. The summed E-state index contributed by atoms with van der Waals surface area (Å²) >= 11 is 0. The number of urea groups is 1. The fourth-order valence-corrected chi connectivity index (χ4v) is 5.00. The summed E-state index contributed by atoms with van der Waals surface area (Å²) in [4.78, 5) is 33.2. The first-order chi connectivity index (χ1) is 17.6. The molecule has 3 amide bonds. The summed E-state index contributed by atoms with van der Waals surface area (Å²) in [7, 11) is -1.40. The van der Waals surface area contributed by atoms with Gasteiger partial charge >= 0.3 is 12.2 Å². The molecular weight excluding hydrogens is 517 g/mol. The Morgan fingerprint density at radius 1 is 1.11 bits per heavy atom. The van der Waals surface area contributed by atoms with Crippen molar-refractivity contribution in [1.29, 1.82) is 0 Å². The molecule has 1 aliphatic rings. The summed E-state index contributed by atoms with van der Waals surface area (Å²) in [5, 5.41) is 3.63. The number of imide groups is 1. The molecule has 1 saturated heterocycles. The second-order valence-electron chi connectivity index (χ2n) is 11.1. The standard InChI is InChI=1S/C25H31F3N6O3Si/c1-24(2)22(35)34(23(36)32(24)14-16-8-9-30-20(29)12-16)17-6-7-18-19(13-17)33(31-21(18)25(26,27)28)15-37-10-11-38(3,4)5/h6-9,12-13H,10-11,14-15H2,1-5H3,(H2,29,30). The lowest BCUT2D eigenvalue weighted by Gasteiger charge is -2.27. The average molecular weight is 549 g/mol. The van der Waals surface area contributed by atoms with Crippen molar-refractivity contribution in [3.05, 3.63) is 47.8 Å². The molecular formula is C25H31F3N6O3Si. The normalized spacial score (nSPS) is 16.2. The minimum absolute atomic E-state index is 0.101. The molecule has 0 atom stereocenters. The molecule has 0 radical (unpaired) electrons. The highest BCUT2D eigenvalue weighted by atomic mass is 28.3. The topological polar surface area (TPSA) is 107 Å². The quantitative estimate of drug-likeness (QED) is 0.239. The number of carbonyl (C=O) groups is 2. The van der Waals surface area contributed by atoms with Gasteiger partial charge < -0.3 is 15.4 Å². The Hall–Kier alpha value is -3.45. The molecule has 38 heavy (non-hydrogen) atoms. The van der Waals surface area contributed by atoms with Crippen LogP contribution >= 0.6 is 0 Å². The number of aromatic nitrogens is 3. The predicted octanol–water partition coefficient (Wildman–Crippen LogP) is 5.09. The number of alkyl halides is 3. The Bertz CT molecular complexity index is 1380. The molecule has 3 heterocycles. The second-order valence-corrected chi connectivity index (χ2v) is 16.7. The summed E-state index contributed by atoms with van der Waals surface area (Å²) in [5.41, 5.74) is 4.45. The van der Waals surface area contributed by atoms with Crippen molar-refractivity contribution < 1.29 is 27.5 Å². The number of amides is 3. The molecule has 204 valence electrons. The third-order valence-corrected chi connectivity index (χ3v) is 8.19. The van der Waals surface area contributed by atoms with Gasteiger partial charge in [0.05, 0.1) is 11.2 Å². The van der Waals surface area contributed by atoms with Gasteiger partial charge in [0.1, 0.15) is 18.1 Å². The lowest BCUT2D eigenvalue weighted by atomic mass is 10.0. The van der Waals surface area contributed by atoms with Crippen LogP contribution in [0.3, 0.4) is 0 Å². The highest BCUT2D eigenvalue weighted by molar-refractivity contribution is 6.76. The monoisotopic (exact) mass is 548 g/mol. The predicted molar refractivity (Wildman–Crippen MR) is 140 cm³/mol. The van der Waals surface area contributed by atoms with E-state index in [0.717, 1.165) is 15.6 Å². The van der Waals surface area contributed by atoms with Gasteiger partial charge in [-0.2, -0.15) is 18.3 Å². The zero-order chi connectivity index (χ0) is 28.0. The van der Waals surface area contributed by atoms with Gasteiger partial charge in [0.25, 0.3) is 5.91 Å².